The number of hydrogen-bond acceptors (Lipinski definition) is 6. The zero-order chi connectivity index (χ0) is 31.4. The quantitative estimate of drug-likeness (QED) is 0.151. The van der Waals surface area contributed by atoms with Crippen LogP contribution in [-0.4, -0.2) is 24.9 Å². The van der Waals surface area contributed by atoms with Gasteiger partial charge in [-0.2, -0.15) is 0 Å². The highest BCUT2D eigenvalue weighted by atomic mass is 32.2. The van der Waals surface area contributed by atoms with Crippen molar-refractivity contribution in [3.05, 3.63) is 112 Å². The molecule has 0 aliphatic heterocycles. The second-order valence-corrected chi connectivity index (χ2v) is 14.5. The number of benzene rings is 3. The number of amides is 2. The summed E-state index contributed by atoms with van der Waals surface area (Å²) in [4.78, 5) is 42.0. The molecule has 0 radical (unpaired) electrons. The molecule has 0 spiro atoms. The number of nitrogens with one attached hydrogen (secondary N) is 2. The van der Waals surface area contributed by atoms with Crippen LogP contribution in [0.3, 0.4) is 0 Å². The third-order valence-electron chi connectivity index (χ3n) is 8.19. The van der Waals surface area contributed by atoms with Crippen LogP contribution in [0.25, 0.3) is 0 Å². The monoisotopic (exact) mass is 626 g/mol. The van der Waals surface area contributed by atoms with Crippen LogP contribution in [0.1, 0.15) is 74.7 Å². The number of aryl methyl sites for hydroxylation is 1. The van der Waals surface area contributed by atoms with Gasteiger partial charge in [-0.1, -0.05) is 75.4 Å². The van der Waals surface area contributed by atoms with E-state index in [1.165, 1.54) is 30.2 Å². The highest BCUT2D eigenvalue weighted by Crippen LogP contribution is 2.45. The molecule has 0 fully saturated rings. The van der Waals surface area contributed by atoms with Gasteiger partial charge >= 0.3 is 5.97 Å². The standard InChI is InChI=1S/C36H38N2O4S2/c1-22-12-9-10-17-27(22)32(39)37-25-15-11-16-26(21-25)43-31(23-13-7-6-8-14-23)33(40)38-34-30(35(41)42-5)28-19-18-24(36(2,3)4)20-29(28)44-34/h6-17,21,24,31H,18-20H2,1-5H3,(H,37,39)(H,38,40). The molecule has 2 unspecified atom stereocenters. The molecule has 1 aromatic heterocycles. The van der Waals surface area contributed by atoms with Crippen molar-refractivity contribution >= 4 is 51.6 Å². The Labute approximate surface area is 267 Å². The Bertz CT molecular complexity index is 1670. The lowest BCUT2D eigenvalue weighted by molar-refractivity contribution is -0.115. The molecule has 3 aromatic carbocycles. The molecule has 0 saturated heterocycles. The first-order valence-corrected chi connectivity index (χ1v) is 16.5. The normalized spacial score (nSPS) is 15.2. The Morgan fingerprint density at radius 3 is 2.39 bits per heavy atom. The zero-order valence-electron chi connectivity index (χ0n) is 25.7. The predicted molar refractivity (Wildman–Crippen MR) is 180 cm³/mol. The molecular weight excluding hydrogens is 589 g/mol. The number of hydrogen-bond donors (Lipinski definition) is 2. The lowest BCUT2D eigenvalue weighted by Gasteiger charge is -2.33. The van der Waals surface area contributed by atoms with Gasteiger partial charge in [0.1, 0.15) is 10.3 Å². The number of esters is 1. The predicted octanol–water partition coefficient (Wildman–Crippen LogP) is 8.72. The maximum Gasteiger partial charge on any atom is 0.341 e. The second kappa shape index (κ2) is 13.4. The average Bonchev–Trinajstić information content (AvgIpc) is 3.36. The van der Waals surface area contributed by atoms with E-state index in [0.29, 0.717) is 27.7 Å². The van der Waals surface area contributed by atoms with Crippen LogP contribution in [0.15, 0.2) is 83.8 Å². The third-order valence-corrected chi connectivity index (χ3v) is 10.6. The molecule has 4 aromatic rings. The molecule has 5 rings (SSSR count). The van der Waals surface area contributed by atoms with Crippen molar-refractivity contribution in [2.75, 3.05) is 17.7 Å². The first-order valence-electron chi connectivity index (χ1n) is 14.8. The Morgan fingerprint density at radius 1 is 0.955 bits per heavy atom. The molecule has 228 valence electrons. The van der Waals surface area contributed by atoms with Gasteiger partial charge < -0.3 is 15.4 Å². The lowest BCUT2D eigenvalue weighted by Crippen LogP contribution is -2.26. The number of fused-ring (bicyclic) bond motifs is 1. The summed E-state index contributed by atoms with van der Waals surface area (Å²) in [6.07, 6.45) is 2.65. The number of anilines is 2. The van der Waals surface area contributed by atoms with Gasteiger partial charge in [-0.05, 0) is 78.5 Å². The van der Waals surface area contributed by atoms with Crippen molar-refractivity contribution in [2.45, 2.75) is 57.1 Å². The maximum absolute atomic E-state index is 14.1. The van der Waals surface area contributed by atoms with Crippen molar-refractivity contribution in [1.29, 1.82) is 0 Å². The minimum atomic E-state index is -0.606. The molecule has 8 heteroatoms. The van der Waals surface area contributed by atoms with Gasteiger partial charge in [-0.3, -0.25) is 9.59 Å². The van der Waals surface area contributed by atoms with Crippen molar-refractivity contribution in [2.24, 2.45) is 11.3 Å². The molecule has 2 N–H and O–H groups in total. The van der Waals surface area contributed by atoms with Gasteiger partial charge in [0.05, 0.1) is 12.7 Å². The second-order valence-electron chi connectivity index (χ2n) is 12.2. The molecule has 44 heavy (non-hydrogen) atoms. The summed E-state index contributed by atoms with van der Waals surface area (Å²) in [5.74, 6) is -0.345. The van der Waals surface area contributed by atoms with E-state index in [1.807, 2.05) is 79.7 Å². The van der Waals surface area contributed by atoms with Gasteiger partial charge in [0.2, 0.25) is 5.91 Å². The molecule has 0 saturated carbocycles. The summed E-state index contributed by atoms with van der Waals surface area (Å²) in [5, 5.41) is 6.04. The smallest absolute Gasteiger partial charge is 0.341 e. The van der Waals surface area contributed by atoms with Crippen LogP contribution in [0.5, 0.6) is 0 Å². The zero-order valence-corrected chi connectivity index (χ0v) is 27.4. The number of ether oxygens (including phenoxy) is 1. The largest absolute Gasteiger partial charge is 0.465 e. The van der Waals surface area contributed by atoms with E-state index in [0.717, 1.165) is 45.7 Å². The van der Waals surface area contributed by atoms with Crippen LogP contribution in [-0.2, 0) is 22.4 Å². The summed E-state index contributed by atoms with van der Waals surface area (Å²) in [5.41, 5.74) is 4.61. The van der Waals surface area contributed by atoms with E-state index >= 15 is 0 Å². The Hall–Kier alpha value is -3.88. The fraction of sp³-hybridized carbons (Fsp3) is 0.306. The topological polar surface area (TPSA) is 84.5 Å². The lowest BCUT2D eigenvalue weighted by atomic mass is 9.72. The summed E-state index contributed by atoms with van der Waals surface area (Å²) in [7, 11) is 1.38. The number of thiophene rings is 1. The van der Waals surface area contributed by atoms with Gasteiger partial charge in [0.25, 0.3) is 5.91 Å². The minimum Gasteiger partial charge on any atom is -0.465 e. The first-order chi connectivity index (χ1) is 21.0. The van der Waals surface area contributed by atoms with E-state index in [2.05, 4.69) is 31.4 Å². The van der Waals surface area contributed by atoms with Crippen molar-refractivity contribution < 1.29 is 19.1 Å². The maximum atomic E-state index is 14.1. The van der Waals surface area contributed by atoms with E-state index in [1.54, 1.807) is 6.07 Å². The Morgan fingerprint density at radius 2 is 1.68 bits per heavy atom. The van der Waals surface area contributed by atoms with Crippen LogP contribution in [0, 0.1) is 18.3 Å². The number of carbonyl (C=O) groups excluding carboxylic acids is 3. The molecular formula is C36H38N2O4S2. The number of thioether (sulfide) groups is 1. The molecule has 0 bridgehead atoms. The summed E-state index contributed by atoms with van der Waals surface area (Å²) < 4.78 is 5.18. The summed E-state index contributed by atoms with van der Waals surface area (Å²) >= 11 is 2.88. The number of methoxy groups -OCH3 is 1. The third kappa shape index (κ3) is 7.08. The first kappa shape index (κ1) is 31.5. The van der Waals surface area contributed by atoms with Gasteiger partial charge in [0, 0.05) is 21.0 Å². The minimum absolute atomic E-state index is 0.152. The molecule has 2 atom stereocenters. The molecule has 1 aliphatic carbocycles. The Kier molecular flexibility index (Phi) is 9.61. The Balaban J connectivity index is 1.41. The van der Waals surface area contributed by atoms with Crippen LogP contribution < -0.4 is 10.6 Å². The molecule has 1 aliphatic rings. The van der Waals surface area contributed by atoms with E-state index in [4.69, 9.17) is 4.74 Å². The molecule has 6 nitrogen and oxygen atoms in total. The van der Waals surface area contributed by atoms with E-state index < -0.39 is 11.2 Å². The van der Waals surface area contributed by atoms with E-state index in [-0.39, 0.29) is 17.2 Å². The number of rotatable bonds is 8. The van der Waals surface area contributed by atoms with Crippen molar-refractivity contribution in [3.8, 4) is 0 Å². The highest BCUT2D eigenvalue weighted by Gasteiger charge is 2.35. The van der Waals surface area contributed by atoms with Gasteiger partial charge in [0.15, 0.2) is 0 Å². The van der Waals surface area contributed by atoms with Crippen LogP contribution in [0.4, 0.5) is 10.7 Å². The fourth-order valence-corrected chi connectivity index (χ4v) is 8.02. The summed E-state index contributed by atoms with van der Waals surface area (Å²) in [6, 6.07) is 24.5. The van der Waals surface area contributed by atoms with Crippen molar-refractivity contribution in [1.82, 2.24) is 0 Å². The highest BCUT2D eigenvalue weighted by molar-refractivity contribution is 8.00. The van der Waals surface area contributed by atoms with Crippen LogP contribution >= 0.6 is 23.1 Å². The van der Waals surface area contributed by atoms with E-state index in [9.17, 15) is 14.4 Å². The number of carbonyl (C=O) groups is 3. The van der Waals surface area contributed by atoms with Gasteiger partial charge in [-0.25, -0.2) is 4.79 Å². The van der Waals surface area contributed by atoms with Crippen molar-refractivity contribution in [3.63, 3.8) is 0 Å². The molecule has 1 heterocycles. The summed E-state index contributed by atoms with van der Waals surface area (Å²) in [6.45, 7) is 8.67. The SMILES string of the molecule is COC(=O)c1c(NC(=O)C(Sc2cccc(NC(=O)c3ccccc3C)c2)c2ccccc2)sc2c1CCC(C(C)(C)C)C2. The van der Waals surface area contributed by atoms with Gasteiger partial charge in [-0.15, -0.1) is 23.1 Å². The fourth-order valence-electron chi connectivity index (χ4n) is 5.62. The average molecular weight is 627 g/mol. The molecule has 2 amide bonds. The van der Waals surface area contributed by atoms with Crippen LogP contribution in [0.2, 0.25) is 0 Å².